The Hall–Kier alpha value is -1.64. The fraction of sp³-hybridized carbons (Fsp3) is 0.526. The smallest absolute Gasteiger partial charge is 0.226 e. The highest BCUT2D eigenvalue weighted by Gasteiger charge is 2.18. The van der Waals surface area contributed by atoms with Crippen LogP contribution in [0.2, 0.25) is 0 Å². The molecule has 2 aromatic rings. The van der Waals surface area contributed by atoms with Gasteiger partial charge in [-0.25, -0.2) is 0 Å². The van der Waals surface area contributed by atoms with Crippen molar-refractivity contribution in [3.05, 3.63) is 47.1 Å². The van der Waals surface area contributed by atoms with Gasteiger partial charge in [-0.1, -0.05) is 43.3 Å². The Morgan fingerprint density at radius 3 is 2.77 bits per heavy atom. The Morgan fingerprint density at radius 2 is 2.08 bits per heavy atom. The molecule has 26 heavy (non-hydrogen) atoms. The van der Waals surface area contributed by atoms with Gasteiger partial charge in [-0.2, -0.15) is 4.98 Å². The van der Waals surface area contributed by atoms with Gasteiger partial charge in [0.15, 0.2) is 11.8 Å². The zero-order valence-electron chi connectivity index (χ0n) is 15.7. The predicted molar refractivity (Wildman–Crippen MR) is 114 cm³/mol. The number of rotatable bonds is 5. The van der Waals surface area contributed by atoms with Crippen LogP contribution >= 0.6 is 24.0 Å². The molecule has 2 heterocycles. The quantitative estimate of drug-likeness (QED) is 0.315. The average molecular weight is 469 g/mol. The van der Waals surface area contributed by atoms with Crippen LogP contribution in [0.25, 0.3) is 0 Å². The molecule has 0 spiro atoms. The maximum atomic E-state index is 5.29. The van der Waals surface area contributed by atoms with E-state index in [0.29, 0.717) is 11.8 Å². The van der Waals surface area contributed by atoms with E-state index >= 15 is 0 Å². The Labute approximate surface area is 172 Å². The first kappa shape index (κ1) is 20.7. The fourth-order valence-corrected chi connectivity index (χ4v) is 3.05. The van der Waals surface area contributed by atoms with Crippen LogP contribution in [0.1, 0.15) is 49.0 Å². The van der Waals surface area contributed by atoms with E-state index in [2.05, 4.69) is 63.5 Å². The van der Waals surface area contributed by atoms with Crippen LogP contribution in [0.3, 0.4) is 0 Å². The Kier molecular flexibility index (Phi) is 7.86. The largest absolute Gasteiger partial charge is 0.356 e. The second kappa shape index (κ2) is 9.89. The second-order valence-electron chi connectivity index (χ2n) is 6.72. The molecule has 0 saturated heterocycles. The number of aliphatic imine (C=N–C) groups is 1. The van der Waals surface area contributed by atoms with Crippen molar-refractivity contribution in [3.63, 3.8) is 0 Å². The topological polar surface area (TPSA) is 66.5 Å². The molecule has 0 aliphatic carbocycles. The monoisotopic (exact) mass is 469 g/mol. The number of nitrogens with one attached hydrogen (secondary N) is 1. The summed E-state index contributed by atoms with van der Waals surface area (Å²) in [7, 11) is 1.84. The fourth-order valence-electron chi connectivity index (χ4n) is 3.05. The molecule has 0 unspecified atom stereocenters. The lowest BCUT2D eigenvalue weighted by Crippen LogP contribution is -2.44. The van der Waals surface area contributed by atoms with Crippen LogP contribution in [0, 0.1) is 0 Å². The number of aromatic nitrogens is 2. The first-order valence-corrected chi connectivity index (χ1v) is 9.02. The number of guanidine groups is 1. The summed E-state index contributed by atoms with van der Waals surface area (Å²) in [6.45, 7) is 6.88. The minimum absolute atomic E-state index is 0. The molecule has 0 saturated carbocycles. The molecule has 0 amide bonds. The lowest BCUT2D eigenvalue weighted by Gasteiger charge is -2.31. The van der Waals surface area contributed by atoms with Gasteiger partial charge in [0.2, 0.25) is 5.89 Å². The molecule has 1 aromatic heterocycles. The van der Waals surface area contributed by atoms with Crippen molar-refractivity contribution in [1.82, 2.24) is 20.4 Å². The third-order valence-electron chi connectivity index (χ3n) is 4.49. The van der Waals surface area contributed by atoms with Crippen molar-refractivity contribution in [1.29, 1.82) is 0 Å². The summed E-state index contributed by atoms with van der Waals surface area (Å²) in [5.74, 6) is 2.76. The Bertz CT molecular complexity index is 728. The highest BCUT2D eigenvalue weighted by atomic mass is 127. The normalized spacial score (nSPS) is 14.2. The molecule has 7 heteroatoms. The van der Waals surface area contributed by atoms with Crippen LogP contribution in [0.15, 0.2) is 33.8 Å². The van der Waals surface area contributed by atoms with Gasteiger partial charge < -0.3 is 14.7 Å². The van der Waals surface area contributed by atoms with E-state index < -0.39 is 0 Å². The Morgan fingerprint density at radius 1 is 1.31 bits per heavy atom. The SMILES string of the molecule is CN=C(NCCCc1nc(C(C)C)no1)N1CCc2ccccc2C1.I. The molecular formula is C19H28IN5O. The molecule has 142 valence electrons. The third-order valence-corrected chi connectivity index (χ3v) is 4.49. The van der Waals surface area contributed by atoms with Gasteiger partial charge >= 0.3 is 0 Å². The van der Waals surface area contributed by atoms with Crippen molar-refractivity contribution in [2.45, 2.75) is 45.6 Å². The lowest BCUT2D eigenvalue weighted by atomic mass is 10.0. The maximum absolute atomic E-state index is 5.29. The summed E-state index contributed by atoms with van der Waals surface area (Å²) in [5.41, 5.74) is 2.84. The van der Waals surface area contributed by atoms with Crippen LogP contribution in [0.4, 0.5) is 0 Å². The summed E-state index contributed by atoms with van der Waals surface area (Å²) < 4.78 is 5.29. The van der Waals surface area contributed by atoms with E-state index in [1.165, 1.54) is 11.1 Å². The lowest BCUT2D eigenvalue weighted by molar-refractivity contribution is 0.365. The zero-order valence-corrected chi connectivity index (χ0v) is 18.1. The van der Waals surface area contributed by atoms with Gasteiger partial charge in [-0.3, -0.25) is 4.99 Å². The molecular weight excluding hydrogens is 441 g/mol. The van der Waals surface area contributed by atoms with Crippen molar-refractivity contribution < 1.29 is 4.52 Å². The molecule has 6 nitrogen and oxygen atoms in total. The molecule has 0 radical (unpaired) electrons. The molecule has 0 fully saturated rings. The van der Waals surface area contributed by atoms with Crippen LogP contribution < -0.4 is 5.32 Å². The number of nitrogens with zero attached hydrogens (tertiary/aromatic N) is 4. The van der Waals surface area contributed by atoms with Crippen molar-refractivity contribution in [2.75, 3.05) is 20.1 Å². The second-order valence-corrected chi connectivity index (χ2v) is 6.72. The standard InChI is InChI=1S/C19H27N5O.HI/c1-14(2)18-22-17(25-23-18)9-6-11-21-19(20-3)24-12-10-15-7-4-5-8-16(15)13-24;/h4-5,7-8,14H,6,9-13H2,1-3H3,(H,20,21);1H. The predicted octanol–water partition coefficient (Wildman–Crippen LogP) is 3.38. The van der Waals surface area contributed by atoms with Crippen molar-refractivity contribution >= 4 is 29.9 Å². The van der Waals surface area contributed by atoms with Gasteiger partial charge in [0.25, 0.3) is 0 Å². The first-order valence-electron chi connectivity index (χ1n) is 9.02. The van der Waals surface area contributed by atoms with E-state index in [1.807, 2.05) is 7.05 Å². The molecule has 1 aromatic carbocycles. The van der Waals surface area contributed by atoms with Gasteiger partial charge in [-0.05, 0) is 24.0 Å². The molecule has 1 N–H and O–H groups in total. The number of hydrogen-bond donors (Lipinski definition) is 1. The summed E-state index contributed by atoms with van der Waals surface area (Å²) in [5, 5.41) is 7.46. The van der Waals surface area contributed by atoms with E-state index in [1.54, 1.807) is 0 Å². The summed E-state index contributed by atoms with van der Waals surface area (Å²) in [4.78, 5) is 11.2. The van der Waals surface area contributed by atoms with Gasteiger partial charge in [0.1, 0.15) is 0 Å². The molecule has 0 atom stereocenters. The summed E-state index contributed by atoms with van der Waals surface area (Å²) in [6, 6.07) is 8.65. The van der Waals surface area contributed by atoms with E-state index in [9.17, 15) is 0 Å². The minimum Gasteiger partial charge on any atom is -0.356 e. The van der Waals surface area contributed by atoms with Gasteiger partial charge in [0.05, 0.1) is 0 Å². The van der Waals surface area contributed by atoms with Gasteiger partial charge in [0, 0.05) is 39.0 Å². The number of fused-ring (bicyclic) bond motifs is 1. The minimum atomic E-state index is 0. The number of aryl methyl sites for hydroxylation is 1. The van der Waals surface area contributed by atoms with Gasteiger partial charge in [-0.15, -0.1) is 24.0 Å². The summed E-state index contributed by atoms with van der Waals surface area (Å²) in [6.07, 6.45) is 2.78. The van der Waals surface area contributed by atoms with E-state index in [-0.39, 0.29) is 24.0 Å². The number of halogens is 1. The molecule has 1 aliphatic heterocycles. The van der Waals surface area contributed by atoms with Crippen LogP contribution in [-0.4, -0.2) is 41.1 Å². The average Bonchev–Trinajstić information content (AvgIpc) is 3.11. The van der Waals surface area contributed by atoms with E-state index in [4.69, 9.17) is 4.52 Å². The van der Waals surface area contributed by atoms with Crippen molar-refractivity contribution in [3.8, 4) is 0 Å². The summed E-state index contributed by atoms with van der Waals surface area (Å²) >= 11 is 0. The number of benzene rings is 1. The molecule has 0 bridgehead atoms. The van der Waals surface area contributed by atoms with Crippen LogP contribution in [0.5, 0.6) is 0 Å². The Balaban J connectivity index is 0.00000243. The first-order chi connectivity index (χ1) is 12.2. The third kappa shape index (κ3) is 5.18. The highest BCUT2D eigenvalue weighted by Crippen LogP contribution is 2.18. The maximum Gasteiger partial charge on any atom is 0.226 e. The zero-order chi connectivity index (χ0) is 17.6. The van der Waals surface area contributed by atoms with Crippen LogP contribution in [-0.2, 0) is 19.4 Å². The number of hydrogen-bond acceptors (Lipinski definition) is 4. The molecule has 1 aliphatic rings. The highest BCUT2D eigenvalue weighted by molar-refractivity contribution is 14.0. The van der Waals surface area contributed by atoms with Crippen molar-refractivity contribution in [2.24, 2.45) is 4.99 Å². The van der Waals surface area contributed by atoms with E-state index in [0.717, 1.165) is 50.7 Å². The molecule has 3 rings (SSSR count).